The van der Waals surface area contributed by atoms with E-state index in [4.69, 9.17) is 5.73 Å². The Bertz CT molecular complexity index is 1020. The van der Waals surface area contributed by atoms with Crippen molar-refractivity contribution in [3.05, 3.63) is 57.6 Å². The van der Waals surface area contributed by atoms with Gasteiger partial charge in [0.25, 0.3) is 0 Å². The molecule has 0 bridgehead atoms. The van der Waals surface area contributed by atoms with E-state index in [1.807, 2.05) is 0 Å². The summed E-state index contributed by atoms with van der Waals surface area (Å²) in [4.78, 5) is 8.51. The van der Waals surface area contributed by atoms with Crippen molar-refractivity contribution in [1.82, 2.24) is 9.97 Å². The first-order chi connectivity index (χ1) is 12.5. The van der Waals surface area contributed by atoms with Gasteiger partial charge in [-0.05, 0) is 59.6 Å². The fourth-order valence-electron chi connectivity index (χ4n) is 2.73. The lowest BCUT2D eigenvalue weighted by Gasteiger charge is -2.19. The van der Waals surface area contributed by atoms with Crippen molar-refractivity contribution in [2.24, 2.45) is 0 Å². The molecular formula is C18H15BrF4N4. The van der Waals surface area contributed by atoms with Crippen LogP contribution in [0.4, 0.5) is 29.1 Å². The van der Waals surface area contributed by atoms with Crippen molar-refractivity contribution in [1.29, 1.82) is 0 Å². The summed E-state index contributed by atoms with van der Waals surface area (Å²) in [6, 6.07) is 5.67. The first kappa shape index (κ1) is 19.3. The lowest BCUT2D eigenvalue weighted by Crippen LogP contribution is -2.12. The third-order valence-electron chi connectivity index (χ3n) is 4.01. The molecule has 3 aromatic rings. The van der Waals surface area contributed by atoms with Crippen LogP contribution in [0.3, 0.4) is 0 Å². The second-order valence-electron chi connectivity index (χ2n) is 6.16. The first-order valence-corrected chi connectivity index (χ1v) is 8.71. The van der Waals surface area contributed by atoms with Crippen LogP contribution in [-0.2, 0) is 6.18 Å². The largest absolute Gasteiger partial charge is 0.416 e. The summed E-state index contributed by atoms with van der Waals surface area (Å²) in [5, 5.41) is 3.62. The monoisotopic (exact) mass is 442 g/mol. The summed E-state index contributed by atoms with van der Waals surface area (Å²) in [6.07, 6.45) is -4.50. The zero-order valence-corrected chi connectivity index (χ0v) is 15.9. The van der Waals surface area contributed by atoms with Crippen LogP contribution in [0, 0.1) is 12.7 Å². The van der Waals surface area contributed by atoms with Crippen molar-refractivity contribution in [2.75, 3.05) is 11.1 Å². The second-order valence-corrected chi connectivity index (χ2v) is 7.01. The number of halogens is 5. The zero-order valence-electron chi connectivity index (χ0n) is 14.3. The summed E-state index contributed by atoms with van der Waals surface area (Å²) in [5.74, 6) is 0.328. The second kappa shape index (κ2) is 6.95. The van der Waals surface area contributed by atoms with Gasteiger partial charge in [0.2, 0.25) is 0 Å². The predicted molar refractivity (Wildman–Crippen MR) is 99.8 cm³/mol. The zero-order chi connectivity index (χ0) is 19.9. The molecule has 2 aromatic carbocycles. The maximum Gasteiger partial charge on any atom is 0.416 e. The minimum Gasteiger partial charge on any atom is -0.399 e. The highest BCUT2D eigenvalue weighted by Crippen LogP contribution is 2.34. The normalized spacial score (nSPS) is 13.0. The van der Waals surface area contributed by atoms with Gasteiger partial charge in [-0.15, -0.1) is 0 Å². The highest BCUT2D eigenvalue weighted by atomic mass is 79.9. The van der Waals surface area contributed by atoms with E-state index in [-0.39, 0.29) is 10.2 Å². The highest BCUT2D eigenvalue weighted by Gasteiger charge is 2.31. The number of benzene rings is 2. The smallest absolute Gasteiger partial charge is 0.399 e. The van der Waals surface area contributed by atoms with E-state index in [1.54, 1.807) is 13.8 Å². The number of anilines is 2. The molecule has 3 rings (SSSR count). The number of nitrogens with two attached hydrogens (primary N) is 1. The number of aromatic nitrogens is 2. The van der Waals surface area contributed by atoms with Gasteiger partial charge in [-0.2, -0.15) is 13.2 Å². The Morgan fingerprint density at radius 2 is 1.81 bits per heavy atom. The number of nitrogens with zero attached hydrogens (tertiary/aromatic N) is 2. The van der Waals surface area contributed by atoms with Crippen LogP contribution in [0.2, 0.25) is 0 Å². The van der Waals surface area contributed by atoms with Crippen LogP contribution in [-0.4, -0.2) is 9.97 Å². The topological polar surface area (TPSA) is 63.8 Å². The van der Waals surface area contributed by atoms with Crippen LogP contribution >= 0.6 is 15.9 Å². The van der Waals surface area contributed by atoms with E-state index in [1.165, 1.54) is 18.2 Å². The molecule has 0 aliphatic rings. The Labute approximate surface area is 160 Å². The Morgan fingerprint density at radius 3 is 2.48 bits per heavy atom. The van der Waals surface area contributed by atoms with Gasteiger partial charge >= 0.3 is 6.18 Å². The lowest BCUT2D eigenvalue weighted by molar-refractivity contribution is -0.137. The van der Waals surface area contributed by atoms with E-state index >= 15 is 0 Å². The molecule has 9 heteroatoms. The number of aryl methyl sites for hydroxylation is 1. The Kier molecular flexibility index (Phi) is 4.98. The van der Waals surface area contributed by atoms with Crippen molar-refractivity contribution in [3.8, 4) is 0 Å². The van der Waals surface area contributed by atoms with Gasteiger partial charge in [0, 0.05) is 17.1 Å². The number of hydrogen-bond donors (Lipinski definition) is 2. The summed E-state index contributed by atoms with van der Waals surface area (Å²) >= 11 is 3.12. The molecule has 0 saturated heterocycles. The highest BCUT2D eigenvalue weighted by molar-refractivity contribution is 9.10. The molecule has 1 heterocycles. The molecule has 0 spiro atoms. The van der Waals surface area contributed by atoms with Crippen LogP contribution < -0.4 is 11.1 Å². The molecule has 0 fully saturated rings. The van der Waals surface area contributed by atoms with Gasteiger partial charge in [0.15, 0.2) is 0 Å². The third kappa shape index (κ3) is 4.13. The number of fused-ring (bicyclic) bond motifs is 1. The van der Waals surface area contributed by atoms with Crippen molar-refractivity contribution in [2.45, 2.75) is 26.1 Å². The number of nitrogen functional groups attached to an aromatic ring is 1. The van der Waals surface area contributed by atoms with Crippen LogP contribution in [0.1, 0.15) is 29.9 Å². The molecule has 0 saturated carbocycles. The maximum absolute atomic E-state index is 13.8. The van der Waals surface area contributed by atoms with Crippen LogP contribution in [0.15, 0.2) is 34.8 Å². The summed E-state index contributed by atoms with van der Waals surface area (Å²) in [5.41, 5.74) is 5.58. The molecule has 142 valence electrons. The fraction of sp³-hybridized carbons (Fsp3) is 0.222. The fourth-order valence-corrected chi connectivity index (χ4v) is 3.07. The summed E-state index contributed by atoms with van der Waals surface area (Å²) in [7, 11) is 0. The average molecular weight is 443 g/mol. The minimum absolute atomic E-state index is 0.0158. The average Bonchev–Trinajstić information content (AvgIpc) is 2.55. The molecular weight excluding hydrogens is 428 g/mol. The van der Waals surface area contributed by atoms with Gasteiger partial charge in [-0.3, -0.25) is 0 Å². The molecule has 4 nitrogen and oxygen atoms in total. The first-order valence-electron chi connectivity index (χ1n) is 7.92. The summed E-state index contributed by atoms with van der Waals surface area (Å²) < 4.78 is 53.2. The molecule has 0 amide bonds. The summed E-state index contributed by atoms with van der Waals surface area (Å²) in [6.45, 7) is 3.34. The van der Waals surface area contributed by atoms with Gasteiger partial charge < -0.3 is 11.1 Å². The van der Waals surface area contributed by atoms with Gasteiger partial charge in [0.05, 0.1) is 21.6 Å². The quantitative estimate of drug-likeness (QED) is 0.408. The molecule has 1 aromatic heterocycles. The number of alkyl halides is 3. The number of nitrogens with one attached hydrogen (secondary N) is 1. The molecule has 0 radical (unpaired) electrons. The molecule has 0 unspecified atom stereocenters. The van der Waals surface area contributed by atoms with Gasteiger partial charge in [-0.1, -0.05) is 0 Å². The van der Waals surface area contributed by atoms with Crippen molar-refractivity contribution >= 4 is 38.3 Å². The molecule has 1 atom stereocenters. The minimum atomic E-state index is -4.50. The van der Waals surface area contributed by atoms with Crippen LogP contribution in [0.25, 0.3) is 10.9 Å². The predicted octanol–water partition coefficient (Wildman–Crippen LogP) is 5.61. The molecule has 3 N–H and O–H groups in total. The Balaban J connectivity index is 2.03. The van der Waals surface area contributed by atoms with E-state index in [2.05, 4.69) is 31.2 Å². The molecule has 0 aliphatic carbocycles. The molecule has 27 heavy (non-hydrogen) atoms. The van der Waals surface area contributed by atoms with Crippen LogP contribution in [0.5, 0.6) is 0 Å². The van der Waals surface area contributed by atoms with E-state index in [0.717, 1.165) is 12.1 Å². The lowest BCUT2D eigenvalue weighted by atomic mass is 10.0. The van der Waals surface area contributed by atoms with E-state index in [9.17, 15) is 17.6 Å². The number of hydrogen-bond acceptors (Lipinski definition) is 4. The third-order valence-corrected chi connectivity index (χ3v) is 4.62. The molecule has 0 aliphatic heterocycles. The Hall–Kier alpha value is -2.42. The van der Waals surface area contributed by atoms with Crippen molar-refractivity contribution in [3.63, 3.8) is 0 Å². The Morgan fingerprint density at radius 1 is 1.11 bits per heavy atom. The van der Waals surface area contributed by atoms with E-state index in [0.29, 0.717) is 28.1 Å². The van der Waals surface area contributed by atoms with Gasteiger partial charge in [0.1, 0.15) is 17.5 Å². The van der Waals surface area contributed by atoms with Crippen molar-refractivity contribution < 1.29 is 17.6 Å². The van der Waals surface area contributed by atoms with E-state index < -0.39 is 23.6 Å². The van der Waals surface area contributed by atoms with Gasteiger partial charge in [-0.25, -0.2) is 14.4 Å². The maximum atomic E-state index is 13.8. The standard InChI is InChI=1S/C18H15BrF4N4/c1-8(10-3-11(18(21,22)23)5-12(24)4-10)25-17-13-6-14(19)15(20)7-16(13)26-9(2)27-17/h3-8H,24H2,1-2H3,(H,25,26,27)/t8-/m1/s1. The SMILES string of the molecule is Cc1nc(N[C@H](C)c2cc(N)cc(C(F)(F)F)c2)c2cc(Br)c(F)cc2n1. The number of rotatable bonds is 3.